The van der Waals surface area contributed by atoms with E-state index in [1.165, 1.54) is 11.9 Å². The molecule has 70 valence electrons. The summed E-state index contributed by atoms with van der Waals surface area (Å²) in [5.74, 6) is 0. The Morgan fingerprint density at radius 1 is 1.54 bits per heavy atom. The van der Waals surface area contributed by atoms with Crippen molar-refractivity contribution in [2.45, 2.75) is 6.54 Å². The Morgan fingerprint density at radius 2 is 2.15 bits per heavy atom. The molecule has 0 saturated carbocycles. The van der Waals surface area contributed by atoms with Crippen molar-refractivity contribution < 1.29 is 9.90 Å². The fourth-order valence-electron chi connectivity index (χ4n) is 1.00. The van der Waals surface area contributed by atoms with Crippen LogP contribution in [0.25, 0.3) is 0 Å². The van der Waals surface area contributed by atoms with E-state index in [1.807, 2.05) is 18.2 Å². The standard InChI is InChI=1S/C9H12N2O2/c1-11(9(12)13)6-7-4-2-3-5-8(7)10/h2-5H,6,10H2,1H3,(H,12,13). The van der Waals surface area contributed by atoms with Crippen LogP contribution in [-0.2, 0) is 6.54 Å². The van der Waals surface area contributed by atoms with Crippen LogP contribution in [0.2, 0.25) is 0 Å². The summed E-state index contributed by atoms with van der Waals surface area (Å²) < 4.78 is 0. The highest BCUT2D eigenvalue weighted by Gasteiger charge is 2.07. The second-order valence-electron chi connectivity index (χ2n) is 2.84. The average Bonchev–Trinajstić information content (AvgIpc) is 2.08. The summed E-state index contributed by atoms with van der Waals surface area (Å²) in [6.07, 6.45) is -0.955. The molecule has 1 aromatic carbocycles. The Kier molecular flexibility index (Phi) is 2.74. The van der Waals surface area contributed by atoms with E-state index in [9.17, 15) is 4.79 Å². The number of para-hydroxylation sites is 1. The molecule has 0 atom stereocenters. The van der Waals surface area contributed by atoms with Gasteiger partial charge < -0.3 is 15.7 Å². The zero-order valence-corrected chi connectivity index (χ0v) is 7.40. The molecule has 4 heteroatoms. The molecule has 0 saturated heterocycles. The molecule has 0 aliphatic rings. The summed E-state index contributed by atoms with van der Waals surface area (Å²) in [5, 5.41) is 8.62. The highest BCUT2D eigenvalue weighted by Crippen LogP contribution is 2.12. The lowest BCUT2D eigenvalue weighted by Gasteiger charge is -2.13. The molecule has 0 bridgehead atoms. The number of benzene rings is 1. The molecule has 0 aliphatic heterocycles. The van der Waals surface area contributed by atoms with Crippen molar-refractivity contribution in [1.82, 2.24) is 4.90 Å². The number of amides is 1. The lowest BCUT2D eigenvalue weighted by atomic mass is 10.2. The van der Waals surface area contributed by atoms with Gasteiger partial charge in [0.15, 0.2) is 0 Å². The van der Waals surface area contributed by atoms with E-state index in [0.29, 0.717) is 12.2 Å². The van der Waals surface area contributed by atoms with Crippen molar-refractivity contribution in [2.24, 2.45) is 0 Å². The van der Waals surface area contributed by atoms with Gasteiger partial charge in [0.1, 0.15) is 0 Å². The number of hydrogen-bond acceptors (Lipinski definition) is 2. The van der Waals surface area contributed by atoms with Crippen LogP contribution in [0, 0.1) is 0 Å². The van der Waals surface area contributed by atoms with Crippen LogP contribution >= 0.6 is 0 Å². The molecule has 1 aromatic rings. The highest BCUT2D eigenvalue weighted by atomic mass is 16.4. The van der Waals surface area contributed by atoms with Crippen molar-refractivity contribution >= 4 is 11.8 Å². The molecular formula is C9H12N2O2. The van der Waals surface area contributed by atoms with E-state index >= 15 is 0 Å². The van der Waals surface area contributed by atoms with Gasteiger partial charge in [0.05, 0.1) is 6.54 Å². The van der Waals surface area contributed by atoms with Crippen LogP contribution in [0.5, 0.6) is 0 Å². The lowest BCUT2D eigenvalue weighted by molar-refractivity contribution is 0.154. The van der Waals surface area contributed by atoms with E-state index in [2.05, 4.69) is 0 Å². The minimum absolute atomic E-state index is 0.321. The maximum absolute atomic E-state index is 10.5. The van der Waals surface area contributed by atoms with Gasteiger partial charge in [-0.05, 0) is 11.6 Å². The number of anilines is 1. The number of nitrogens with two attached hydrogens (primary N) is 1. The predicted octanol–water partition coefficient (Wildman–Crippen LogP) is 1.38. The molecule has 13 heavy (non-hydrogen) atoms. The van der Waals surface area contributed by atoms with Gasteiger partial charge in [-0.15, -0.1) is 0 Å². The largest absolute Gasteiger partial charge is 0.465 e. The van der Waals surface area contributed by atoms with Crippen LogP contribution in [0.3, 0.4) is 0 Å². The summed E-state index contributed by atoms with van der Waals surface area (Å²) >= 11 is 0. The third-order valence-corrected chi connectivity index (χ3v) is 1.79. The van der Waals surface area contributed by atoms with Crippen LogP contribution in [0.15, 0.2) is 24.3 Å². The normalized spacial score (nSPS) is 9.62. The second-order valence-corrected chi connectivity index (χ2v) is 2.84. The third kappa shape index (κ3) is 2.37. The predicted molar refractivity (Wildman–Crippen MR) is 50.3 cm³/mol. The molecule has 0 fully saturated rings. The molecule has 1 rings (SSSR count). The van der Waals surface area contributed by atoms with E-state index in [4.69, 9.17) is 10.8 Å². The fourth-order valence-corrected chi connectivity index (χ4v) is 1.00. The molecule has 1 amide bonds. The first-order valence-corrected chi connectivity index (χ1v) is 3.88. The molecule has 0 unspecified atom stereocenters. The monoisotopic (exact) mass is 180 g/mol. The van der Waals surface area contributed by atoms with Gasteiger partial charge in [-0.3, -0.25) is 0 Å². The van der Waals surface area contributed by atoms with Crippen LogP contribution < -0.4 is 5.73 Å². The molecule has 0 radical (unpaired) electrons. The van der Waals surface area contributed by atoms with Crippen LogP contribution in [0.1, 0.15) is 5.56 Å². The lowest BCUT2D eigenvalue weighted by Crippen LogP contribution is -2.24. The first kappa shape index (κ1) is 9.38. The molecule has 0 spiro atoms. The third-order valence-electron chi connectivity index (χ3n) is 1.79. The van der Waals surface area contributed by atoms with E-state index in [0.717, 1.165) is 5.56 Å². The molecular weight excluding hydrogens is 168 g/mol. The van der Waals surface area contributed by atoms with Crippen molar-refractivity contribution in [1.29, 1.82) is 0 Å². The summed E-state index contributed by atoms with van der Waals surface area (Å²) in [5.41, 5.74) is 7.10. The summed E-state index contributed by atoms with van der Waals surface area (Å²) in [4.78, 5) is 11.7. The second kappa shape index (κ2) is 3.80. The van der Waals surface area contributed by atoms with Gasteiger partial charge in [-0.25, -0.2) is 4.79 Å². The summed E-state index contributed by atoms with van der Waals surface area (Å²) in [6, 6.07) is 7.22. The van der Waals surface area contributed by atoms with Crippen molar-refractivity contribution in [2.75, 3.05) is 12.8 Å². The van der Waals surface area contributed by atoms with Gasteiger partial charge in [0, 0.05) is 12.7 Å². The van der Waals surface area contributed by atoms with E-state index in [1.54, 1.807) is 6.07 Å². The Balaban J connectivity index is 2.74. The Bertz CT molecular complexity index is 312. The van der Waals surface area contributed by atoms with Gasteiger partial charge in [-0.2, -0.15) is 0 Å². The van der Waals surface area contributed by atoms with Gasteiger partial charge in [0.25, 0.3) is 0 Å². The molecule has 0 aliphatic carbocycles. The zero-order valence-electron chi connectivity index (χ0n) is 7.40. The number of rotatable bonds is 2. The number of nitrogen functional groups attached to an aromatic ring is 1. The SMILES string of the molecule is CN(Cc1ccccc1N)C(=O)O. The smallest absolute Gasteiger partial charge is 0.407 e. The van der Waals surface area contributed by atoms with Gasteiger partial charge in [-0.1, -0.05) is 18.2 Å². The van der Waals surface area contributed by atoms with Crippen LogP contribution in [0.4, 0.5) is 10.5 Å². The number of nitrogens with zero attached hydrogens (tertiary/aromatic N) is 1. The molecule has 0 aromatic heterocycles. The van der Waals surface area contributed by atoms with Crippen molar-refractivity contribution in [3.05, 3.63) is 29.8 Å². The van der Waals surface area contributed by atoms with Crippen LogP contribution in [-0.4, -0.2) is 23.1 Å². The molecule has 0 heterocycles. The number of carbonyl (C=O) groups is 1. The van der Waals surface area contributed by atoms with E-state index < -0.39 is 6.09 Å². The van der Waals surface area contributed by atoms with Gasteiger partial charge in [0.2, 0.25) is 0 Å². The maximum Gasteiger partial charge on any atom is 0.407 e. The number of hydrogen-bond donors (Lipinski definition) is 2. The van der Waals surface area contributed by atoms with Crippen molar-refractivity contribution in [3.8, 4) is 0 Å². The Hall–Kier alpha value is -1.71. The quantitative estimate of drug-likeness (QED) is 0.675. The van der Waals surface area contributed by atoms with Gasteiger partial charge >= 0.3 is 6.09 Å². The van der Waals surface area contributed by atoms with E-state index in [-0.39, 0.29) is 0 Å². The van der Waals surface area contributed by atoms with Crippen molar-refractivity contribution in [3.63, 3.8) is 0 Å². The topological polar surface area (TPSA) is 66.6 Å². The first-order valence-electron chi connectivity index (χ1n) is 3.88. The average molecular weight is 180 g/mol. The Morgan fingerprint density at radius 3 is 2.69 bits per heavy atom. The summed E-state index contributed by atoms with van der Waals surface area (Å²) in [7, 11) is 1.51. The fraction of sp³-hybridized carbons (Fsp3) is 0.222. The molecule has 3 N–H and O–H groups in total. The highest BCUT2D eigenvalue weighted by molar-refractivity contribution is 5.65. The summed E-state index contributed by atoms with van der Waals surface area (Å²) in [6.45, 7) is 0.321. The zero-order chi connectivity index (χ0) is 9.84. The molecule has 4 nitrogen and oxygen atoms in total. The maximum atomic E-state index is 10.5. The first-order chi connectivity index (χ1) is 6.11. The Labute approximate surface area is 76.6 Å². The number of carboxylic acid groups (broad SMARTS) is 1. The minimum Gasteiger partial charge on any atom is -0.465 e. The minimum atomic E-state index is -0.955.